The average molecular weight is 276 g/mol. The molecule has 1 heterocycles. The fourth-order valence-electron chi connectivity index (χ4n) is 2.53. The Labute approximate surface area is 120 Å². The van der Waals surface area contributed by atoms with Gasteiger partial charge >= 0.3 is 0 Å². The second-order valence-corrected chi connectivity index (χ2v) is 6.61. The monoisotopic (exact) mass is 276 g/mol. The van der Waals surface area contributed by atoms with Crippen LogP contribution >= 0.6 is 0 Å². The van der Waals surface area contributed by atoms with Crippen molar-refractivity contribution in [2.45, 2.75) is 33.6 Å². The summed E-state index contributed by atoms with van der Waals surface area (Å²) in [4.78, 5) is 12.3. The predicted molar refractivity (Wildman–Crippen MR) is 80.9 cm³/mol. The standard InChI is InChI=1S/C16H24N2O2/c1-16(2,3)9-12(10-17)15(19)18-13-4-5-14-11(8-13)6-7-20-14/h4-5,8,12H,6-7,9-10,17H2,1-3H3,(H,18,19). The summed E-state index contributed by atoms with van der Waals surface area (Å²) in [6, 6.07) is 5.79. The summed E-state index contributed by atoms with van der Waals surface area (Å²) >= 11 is 0. The van der Waals surface area contributed by atoms with Gasteiger partial charge in [0.15, 0.2) is 0 Å². The molecule has 4 nitrogen and oxygen atoms in total. The minimum Gasteiger partial charge on any atom is -0.493 e. The SMILES string of the molecule is CC(C)(C)CC(CN)C(=O)Nc1ccc2c(c1)CCO2. The molecule has 0 aromatic heterocycles. The van der Waals surface area contributed by atoms with E-state index in [1.807, 2.05) is 18.2 Å². The first kappa shape index (κ1) is 14.9. The second kappa shape index (κ2) is 5.83. The molecular formula is C16H24N2O2. The van der Waals surface area contributed by atoms with Crippen molar-refractivity contribution in [3.8, 4) is 5.75 Å². The molecule has 0 aliphatic carbocycles. The molecular weight excluding hydrogens is 252 g/mol. The quantitative estimate of drug-likeness (QED) is 0.888. The van der Waals surface area contributed by atoms with Crippen LogP contribution in [-0.2, 0) is 11.2 Å². The van der Waals surface area contributed by atoms with Gasteiger partial charge in [-0.2, -0.15) is 0 Å². The van der Waals surface area contributed by atoms with E-state index in [1.54, 1.807) is 0 Å². The van der Waals surface area contributed by atoms with E-state index >= 15 is 0 Å². The van der Waals surface area contributed by atoms with Crippen molar-refractivity contribution in [1.82, 2.24) is 0 Å². The molecule has 20 heavy (non-hydrogen) atoms. The van der Waals surface area contributed by atoms with Crippen LogP contribution in [-0.4, -0.2) is 19.1 Å². The summed E-state index contributed by atoms with van der Waals surface area (Å²) in [5, 5.41) is 2.97. The average Bonchev–Trinajstić information content (AvgIpc) is 2.82. The third-order valence-corrected chi connectivity index (χ3v) is 3.47. The Kier molecular flexibility index (Phi) is 4.33. The Morgan fingerprint density at radius 3 is 2.85 bits per heavy atom. The van der Waals surface area contributed by atoms with E-state index in [2.05, 4.69) is 26.1 Å². The third kappa shape index (κ3) is 3.73. The molecule has 1 amide bonds. The summed E-state index contributed by atoms with van der Waals surface area (Å²) in [5.41, 5.74) is 7.82. The topological polar surface area (TPSA) is 64.4 Å². The zero-order chi connectivity index (χ0) is 14.8. The molecule has 1 aliphatic heterocycles. The van der Waals surface area contributed by atoms with E-state index in [1.165, 1.54) is 0 Å². The van der Waals surface area contributed by atoms with Crippen LogP contribution in [0.25, 0.3) is 0 Å². The lowest BCUT2D eigenvalue weighted by molar-refractivity contribution is -0.120. The highest BCUT2D eigenvalue weighted by Gasteiger charge is 2.24. The normalized spacial score (nSPS) is 15.4. The van der Waals surface area contributed by atoms with Gasteiger partial charge in [-0.3, -0.25) is 4.79 Å². The number of rotatable bonds is 4. The van der Waals surface area contributed by atoms with Gasteiger partial charge in [0, 0.05) is 18.7 Å². The zero-order valence-corrected chi connectivity index (χ0v) is 12.5. The lowest BCUT2D eigenvalue weighted by Gasteiger charge is -2.24. The number of hydrogen-bond acceptors (Lipinski definition) is 3. The fourth-order valence-corrected chi connectivity index (χ4v) is 2.53. The molecule has 110 valence electrons. The molecule has 0 bridgehead atoms. The molecule has 1 atom stereocenters. The number of carbonyl (C=O) groups excluding carboxylic acids is 1. The highest BCUT2D eigenvalue weighted by molar-refractivity contribution is 5.93. The number of amides is 1. The second-order valence-electron chi connectivity index (χ2n) is 6.61. The highest BCUT2D eigenvalue weighted by Crippen LogP contribution is 2.29. The van der Waals surface area contributed by atoms with E-state index < -0.39 is 0 Å². The van der Waals surface area contributed by atoms with E-state index in [0.717, 1.165) is 36.4 Å². The van der Waals surface area contributed by atoms with Crippen LogP contribution in [0.15, 0.2) is 18.2 Å². The minimum atomic E-state index is -0.153. The first-order valence-electron chi connectivity index (χ1n) is 7.16. The smallest absolute Gasteiger partial charge is 0.228 e. The molecule has 3 N–H and O–H groups in total. The number of ether oxygens (including phenoxy) is 1. The summed E-state index contributed by atoms with van der Waals surface area (Å²) in [6.07, 6.45) is 1.69. The third-order valence-electron chi connectivity index (χ3n) is 3.47. The first-order valence-corrected chi connectivity index (χ1v) is 7.16. The molecule has 1 aromatic carbocycles. The van der Waals surface area contributed by atoms with Crippen LogP contribution < -0.4 is 15.8 Å². The predicted octanol–water partition coefficient (Wildman–Crippen LogP) is 2.57. The lowest BCUT2D eigenvalue weighted by atomic mass is 9.84. The maximum absolute atomic E-state index is 12.3. The van der Waals surface area contributed by atoms with Crippen LogP contribution in [0.3, 0.4) is 0 Å². The number of benzene rings is 1. The molecule has 0 saturated carbocycles. The van der Waals surface area contributed by atoms with Crippen molar-refractivity contribution >= 4 is 11.6 Å². The van der Waals surface area contributed by atoms with Gasteiger partial charge < -0.3 is 15.8 Å². The van der Waals surface area contributed by atoms with E-state index in [9.17, 15) is 4.79 Å². The Hall–Kier alpha value is -1.55. The van der Waals surface area contributed by atoms with Crippen molar-refractivity contribution in [3.63, 3.8) is 0 Å². The van der Waals surface area contributed by atoms with E-state index in [4.69, 9.17) is 10.5 Å². The summed E-state index contributed by atoms with van der Waals surface area (Å²) in [6.45, 7) is 7.46. The molecule has 1 aromatic rings. The van der Waals surface area contributed by atoms with Crippen molar-refractivity contribution in [1.29, 1.82) is 0 Å². The highest BCUT2D eigenvalue weighted by atomic mass is 16.5. The van der Waals surface area contributed by atoms with Crippen molar-refractivity contribution in [2.24, 2.45) is 17.1 Å². The van der Waals surface area contributed by atoms with Gasteiger partial charge in [0.05, 0.1) is 12.5 Å². The van der Waals surface area contributed by atoms with Crippen LogP contribution in [0.5, 0.6) is 5.75 Å². The number of carbonyl (C=O) groups is 1. The Bertz CT molecular complexity index is 492. The number of fused-ring (bicyclic) bond motifs is 1. The first-order chi connectivity index (χ1) is 9.39. The van der Waals surface area contributed by atoms with Gasteiger partial charge in [0.25, 0.3) is 0 Å². The fraction of sp³-hybridized carbons (Fsp3) is 0.562. The van der Waals surface area contributed by atoms with Crippen LogP contribution in [0, 0.1) is 11.3 Å². The summed E-state index contributed by atoms with van der Waals surface area (Å²) < 4.78 is 5.46. The maximum Gasteiger partial charge on any atom is 0.228 e. The molecule has 0 saturated heterocycles. The maximum atomic E-state index is 12.3. The van der Waals surface area contributed by atoms with Gasteiger partial charge in [-0.05, 0) is 35.6 Å². The molecule has 0 fully saturated rings. The Balaban J connectivity index is 2.03. The van der Waals surface area contributed by atoms with Crippen molar-refractivity contribution in [2.75, 3.05) is 18.5 Å². The van der Waals surface area contributed by atoms with Gasteiger partial charge in [-0.15, -0.1) is 0 Å². The summed E-state index contributed by atoms with van der Waals surface area (Å²) in [7, 11) is 0. The van der Waals surface area contributed by atoms with E-state index in [0.29, 0.717) is 6.54 Å². The Morgan fingerprint density at radius 1 is 1.45 bits per heavy atom. The molecule has 1 unspecified atom stereocenters. The number of hydrogen-bond donors (Lipinski definition) is 2. The largest absolute Gasteiger partial charge is 0.493 e. The van der Waals surface area contributed by atoms with Crippen LogP contribution in [0.2, 0.25) is 0 Å². The number of nitrogens with two attached hydrogens (primary N) is 1. The number of nitrogens with one attached hydrogen (secondary N) is 1. The van der Waals surface area contributed by atoms with Gasteiger partial charge in [0.1, 0.15) is 5.75 Å². The molecule has 2 rings (SSSR count). The van der Waals surface area contributed by atoms with Gasteiger partial charge in [-0.1, -0.05) is 20.8 Å². The van der Waals surface area contributed by atoms with Crippen LogP contribution in [0.4, 0.5) is 5.69 Å². The molecule has 4 heteroatoms. The van der Waals surface area contributed by atoms with Gasteiger partial charge in [-0.25, -0.2) is 0 Å². The van der Waals surface area contributed by atoms with Crippen molar-refractivity contribution in [3.05, 3.63) is 23.8 Å². The minimum absolute atomic E-state index is 0.00119. The lowest BCUT2D eigenvalue weighted by Crippen LogP contribution is -2.32. The molecule has 1 aliphatic rings. The van der Waals surface area contributed by atoms with Crippen molar-refractivity contribution < 1.29 is 9.53 Å². The van der Waals surface area contributed by atoms with E-state index in [-0.39, 0.29) is 17.2 Å². The Morgan fingerprint density at radius 2 is 2.20 bits per heavy atom. The molecule has 0 spiro atoms. The summed E-state index contributed by atoms with van der Waals surface area (Å²) in [5.74, 6) is 0.772. The number of anilines is 1. The molecule has 0 radical (unpaired) electrons. The van der Waals surface area contributed by atoms with Crippen LogP contribution in [0.1, 0.15) is 32.8 Å². The van der Waals surface area contributed by atoms with Gasteiger partial charge in [0.2, 0.25) is 5.91 Å². The zero-order valence-electron chi connectivity index (χ0n) is 12.5.